The van der Waals surface area contributed by atoms with Crippen LogP contribution in [-0.4, -0.2) is 39.4 Å². The maximum atomic E-state index is 13.0. The van der Waals surface area contributed by atoms with Gasteiger partial charge in [-0.3, -0.25) is 14.2 Å². The summed E-state index contributed by atoms with van der Waals surface area (Å²) in [6, 6.07) is 10.1. The number of thiophene rings is 1. The Morgan fingerprint density at radius 1 is 1.09 bits per heavy atom. The summed E-state index contributed by atoms with van der Waals surface area (Å²) in [6.45, 7) is 1.65. The molecule has 33 heavy (non-hydrogen) atoms. The van der Waals surface area contributed by atoms with Crippen LogP contribution in [0.15, 0.2) is 46.6 Å². The molecule has 1 aliphatic heterocycles. The lowest BCUT2D eigenvalue weighted by atomic mass is 10.2. The number of primary amides is 1. The quantitative estimate of drug-likeness (QED) is 0.437. The van der Waals surface area contributed by atoms with E-state index in [9.17, 15) is 14.4 Å². The molecule has 9 nitrogen and oxygen atoms in total. The van der Waals surface area contributed by atoms with Gasteiger partial charge in [0.15, 0.2) is 5.13 Å². The Morgan fingerprint density at radius 3 is 2.52 bits per heavy atom. The van der Waals surface area contributed by atoms with E-state index in [0.717, 1.165) is 35.9 Å². The highest BCUT2D eigenvalue weighted by Crippen LogP contribution is 2.35. The molecule has 0 aliphatic carbocycles. The molecule has 11 heteroatoms. The van der Waals surface area contributed by atoms with Crippen LogP contribution in [0.2, 0.25) is 0 Å². The van der Waals surface area contributed by atoms with Crippen LogP contribution in [0, 0.1) is 0 Å². The lowest BCUT2D eigenvalue weighted by Crippen LogP contribution is -2.29. The van der Waals surface area contributed by atoms with E-state index in [2.05, 4.69) is 15.2 Å². The lowest BCUT2D eigenvalue weighted by molar-refractivity contribution is -0.116. The minimum atomic E-state index is -0.544. The zero-order chi connectivity index (χ0) is 22.9. The normalized spacial score (nSPS) is 13.5. The number of hydrogen-bond donors (Lipinski definition) is 2. The number of carbonyl (C=O) groups excluding carboxylic acids is 2. The van der Waals surface area contributed by atoms with Crippen molar-refractivity contribution >= 4 is 55.7 Å². The Bertz CT molecular complexity index is 1390. The molecule has 1 saturated heterocycles. The van der Waals surface area contributed by atoms with E-state index in [1.54, 1.807) is 12.1 Å². The van der Waals surface area contributed by atoms with Gasteiger partial charge in [0.1, 0.15) is 22.6 Å². The molecule has 4 heterocycles. The van der Waals surface area contributed by atoms with Crippen LogP contribution in [-0.2, 0) is 11.3 Å². The first-order chi connectivity index (χ1) is 16.0. The van der Waals surface area contributed by atoms with Crippen molar-refractivity contribution in [1.82, 2.24) is 14.5 Å². The third kappa shape index (κ3) is 4.24. The minimum Gasteiger partial charge on any atom is -0.366 e. The molecule has 0 saturated carbocycles. The second-order valence-electron chi connectivity index (χ2n) is 7.64. The Hall–Kier alpha value is -3.57. The van der Waals surface area contributed by atoms with Gasteiger partial charge in [0.25, 0.3) is 0 Å². The molecule has 4 aromatic rings. The SMILES string of the molecule is NC(=O)c1ccc(NC(=O)Cn2c(=O)nc(-c3cccs3)c3nc(N4CCCC4)sc32)cc1. The number of carbonyl (C=O) groups is 2. The number of hydrogen-bond acceptors (Lipinski definition) is 8. The molecule has 1 aromatic carbocycles. The number of anilines is 2. The number of thiazole rings is 1. The second kappa shape index (κ2) is 8.75. The molecule has 0 atom stereocenters. The lowest BCUT2D eigenvalue weighted by Gasteiger charge is -2.11. The first kappa shape index (κ1) is 21.3. The summed E-state index contributed by atoms with van der Waals surface area (Å²) in [7, 11) is 0. The van der Waals surface area contributed by atoms with Gasteiger partial charge < -0.3 is 16.0 Å². The zero-order valence-corrected chi connectivity index (χ0v) is 19.1. The van der Waals surface area contributed by atoms with Crippen molar-refractivity contribution in [2.45, 2.75) is 19.4 Å². The molecular weight excluding hydrogens is 460 g/mol. The van der Waals surface area contributed by atoms with Crippen LogP contribution in [0.3, 0.4) is 0 Å². The van der Waals surface area contributed by atoms with E-state index in [0.29, 0.717) is 27.3 Å². The molecule has 1 aliphatic rings. The first-order valence-electron chi connectivity index (χ1n) is 10.4. The standard InChI is InChI=1S/C22H20N6O3S2/c23-19(30)13-5-7-14(8-6-13)24-16(29)12-28-20-18(26-22(33-20)27-9-1-2-10-27)17(25-21(28)31)15-4-3-11-32-15/h3-8,11H,1-2,9-10,12H2,(H2,23,30)(H,24,29). The van der Waals surface area contributed by atoms with Crippen LogP contribution < -0.4 is 21.6 Å². The van der Waals surface area contributed by atoms with E-state index in [4.69, 9.17) is 10.7 Å². The van der Waals surface area contributed by atoms with Gasteiger partial charge in [0.2, 0.25) is 11.8 Å². The fourth-order valence-electron chi connectivity index (χ4n) is 3.76. The molecule has 0 spiro atoms. The van der Waals surface area contributed by atoms with Crippen LogP contribution >= 0.6 is 22.7 Å². The number of aromatic nitrogens is 3. The van der Waals surface area contributed by atoms with Crippen molar-refractivity contribution in [2.75, 3.05) is 23.3 Å². The van der Waals surface area contributed by atoms with E-state index in [-0.39, 0.29) is 12.5 Å². The Balaban J connectivity index is 1.50. The third-order valence-electron chi connectivity index (χ3n) is 5.39. The van der Waals surface area contributed by atoms with Gasteiger partial charge in [0, 0.05) is 24.3 Å². The van der Waals surface area contributed by atoms with Crippen LogP contribution in [0.5, 0.6) is 0 Å². The van der Waals surface area contributed by atoms with Gasteiger partial charge >= 0.3 is 5.69 Å². The second-order valence-corrected chi connectivity index (χ2v) is 9.54. The molecule has 0 unspecified atom stereocenters. The van der Waals surface area contributed by atoms with Crippen molar-refractivity contribution < 1.29 is 9.59 Å². The molecule has 0 bridgehead atoms. The van der Waals surface area contributed by atoms with Crippen molar-refractivity contribution in [3.8, 4) is 10.6 Å². The maximum absolute atomic E-state index is 13.0. The number of nitrogens with zero attached hydrogens (tertiary/aromatic N) is 4. The molecular formula is C22H20N6O3S2. The van der Waals surface area contributed by atoms with Crippen molar-refractivity contribution in [3.05, 3.63) is 57.8 Å². The van der Waals surface area contributed by atoms with E-state index in [1.165, 1.54) is 39.4 Å². The first-order valence-corrected chi connectivity index (χ1v) is 12.1. The van der Waals surface area contributed by atoms with Gasteiger partial charge in [-0.2, -0.15) is 4.98 Å². The van der Waals surface area contributed by atoms with Crippen LogP contribution in [0.1, 0.15) is 23.2 Å². The summed E-state index contributed by atoms with van der Waals surface area (Å²) in [6.07, 6.45) is 2.21. The highest BCUT2D eigenvalue weighted by Gasteiger charge is 2.23. The molecule has 168 valence electrons. The molecule has 1 fully saturated rings. The largest absolute Gasteiger partial charge is 0.366 e. The van der Waals surface area contributed by atoms with Crippen LogP contribution in [0.4, 0.5) is 10.8 Å². The topological polar surface area (TPSA) is 123 Å². The number of rotatable bonds is 6. The van der Waals surface area contributed by atoms with Crippen LogP contribution in [0.25, 0.3) is 20.9 Å². The fraction of sp³-hybridized carbons (Fsp3) is 0.227. The molecule has 3 aromatic heterocycles. The third-order valence-corrected chi connectivity index (χ3v) is 7.41. The molecule has 5 rings (SSSR count). The van der Waals surface area contributed by atoms with E-state index < -0.39 is 11.6 Å². The molecule has 0 radical (unpaired) electrons. The number of amides is 2. The average molecular weight is 481 g/mol. The van der Waals surface area contributed by atoms with E-state index in [1.807, 2.05) is 17.5 Å². The predicted molar refractivity (Wildman–Crippen MR) is 130 cm³/mol. The van der Waals surface area contributed by atoms with Gasteiger partial charge in [-0.05, 0) is 48.6 Å². The monoisotopic (exact) mass is 480 g/mol. The minimum absolute atomic E-state index is 0.202. The average Bonchev–Trinajstić information content (AvgIpc) is 3.57. The fourth-order valence-corrected chi connectivity index (χ4v) is 5.59. The highest BCUT2D eigenvalue weighted by atomic mass is 32.1. The molecule has 2 amide bonds. The number of benzene rings is 1. The zero-order valence-electron chi connectivity index (χ0n) is 17.5. The number of nitrogens with two attached hydrogens (primary N) is 1. The van der Waals surface area contributed by atoms with Gasteiger partial charge in [-0.25, -0.2) is 9.78 Å². The van der Waals surface area contributed by atoms with Crippen molar-refractivity contribution in [1.29, 1.82) is 0 Å². The maximum Gasteiger partial charge on any atom is 0.349 e. The summed E-state index contributed by atoms with van der Waals surface area (Å²) in [4.78, 5) is 49.8. The smallest absolute Gasteiger partial charge is 0.349 e. The predicted octanol–water partition coefficient (Wildman–Crippen LogP) is 2.92. The Labute approximate surface area is 196 Å². The van der Waals surface area contributed by atoms with E-state index >= 15 is 0 Å². The number of nitrogens with one attached hydrogen (secondary N) is 1. The molecule has 3 N–H and O–H groups in total. The summed E-state index contributed by atoms with van der Waals surface area (Å²) in [5.74, 6) is -0.926. The van der Waals surface area contributed by atoms with Crippen molar-refractivity contribution in [3.63, 3.8) is 0 Å². The number of fused-ring (bicyclic) bond motifs is 1. The summed E-state index contributed by atoms with van der Waals surface area (Å²) in [5.41, 5.74) is 6.77. The van der Waals surface area contributed by atoms with Gasteiger partial charge in [-0.1, -0.05) is 17.4 Å². The summed E-state index contributed by atoms with van der Waals surface area (Å²) in [5, 5.41) is 5.52. The van der Waals surface area contributed by atoms with Gasteiger partial charge in [0.05, 0.1) is 4.88 Å². The Kier molecular flexibility index (Phi) is 5.65. The Morgan fingerprint density at radius 2 is 1.85 bits per heavy atom. The van der Waals surface area contributed by atoms with Crippen molar-refractivity contribution in [2.24, 2.45) is 5.73 Å². The summed E-state index contributed by atoms with van der Waals surface area (Å²) < 4.78 is 1.37. The van der Waals surface area contributed by atoms with Gasteiger partial charge in [-0.15, -0.1) is 11.3 Å². The summed E-state index contributed by atoms with van der Waals surface area (Å²) >= 11 is 2.91. The highest BCUT2D eigenvalue weighted by molar-refractivity contribution is 7.22.